The Morgan fingerprint density at radius 1 is 1.43 bits per heavy atom. The van der Waals surface area contributed by atoms with E-state index in [2.05, 4.69) is 4.74 Å². The number of rotatable bonds is 4. The molecule has 0 aliphatic carbocycles. The van der Waals surface area contributed by atoms with Crippen molar-refractivity contribution in [3.8, 4) is 0 Å². The van der Waals surface area contributed by atoms with Crippen molar-refractivity contribution in [1.29, 1.82) is 0 Å². The molecule has 0 spiro atoms. The lowest BCUT2D eigenvalue weighted by atomic mass is 10.5. The summed E-state index contributed by atoms with van der Waals surface area (Å²) in [6.45, 7) is -14.7. The van der Waals surface area contributed by atoms with Gasteiger partial charge in [0.2, 0.25) is 0 Å². The molecule has 0 amide bonds. The zero-order chi connectivity index (χ0) is 17.7. The summed E-state index contributed by atoms with van der Waals surface area (Å²) < 4.78 is 103. The molecule has 0 aliphatic heterocycles. The smallest absolute Gasteiger partial charge is 0.0566 e. The van der Waals surface area contributed by atoms with Crippen LogP contribution in [0.5, 0.6) is 0 Å². The third-order valence-corrected chi connectivity index (χ3v) is 0.204. The summed E-state index contributed by atoms with van der Waals surface area (Å²) in [7, 11) is 0. The monoisotopic (exact) mass is 116 g/mol. The van der Waals surface area contributed by atoms with Crippen LogP contribution in [0.25, 0.3) is 0 Å². The maximum Gasteiger partial charge on any atom is 0.0566 e. The fraction of sp³-hybridized carbons (Fsp3) is 1.00. The summed E-state index contributed by atoms with van der Waals surface area (Å²) in [5.74, 6) is 0. The van der Waals surface area contributed by atoms with Crippen molar-refractivity contribution in [2.24, 2.45) is 0 Å². The molecule has 0 aliphatic rings. The molecule has 1 nitrogen and oxygen atoms in total. The highest BCUT2D eigenvalue weighted by atomic mass is 16.5. The van der Waals surface area contributed by atoms with E-state index in [1.165, 1.54) is 0 Å². The van der Waals surface area contributed by atoms with E-state index < -0.39 is 39.6 Å². The molecule has 0 aromatic rings. The highest BCUT2D eigenvalue weighted by Gasteiger charge is 1.77. The normalized spacial score (nSPS) is 50.9. The summed E-state index contributed by atoms with van der Waals surface area (Å²) in [6, 6.07) is 0. The molecular formula is C6H14O. The lowest BCUT2D eigenvalue weighted by Crippen LogP contribution is -1.92. The van der Waals surface area contributed by atoms with Crippen LogP contribution in [0.15, 0.2) is 0 Å². The van der Waals surface area contributed by atoms with Gasteiger partial charge in [-0.05, 0) is 12.7 Å². The van der Waals surface area contributed by atoms with Crippen LogP contribution in [-0.4, -0.2) is 13.1 Å². The highest BCUT2D eigenvalue weighted by molar-refractivity contribution is 4.25. The molecule has 0 N–H and O–H groups in total. The summed E-state index contributed by atoms with van der Waals surface area (Å²) >= 11 is 0. The van der Waals surface area contributed by atoms with E-state index in [0.717, 1.165) is 0 Å². The SMILES string of the molecule is [2H]C([2H])([2H])C([2H])([2H])C([2H])([2H])OC([2H])([2H])C([2H])([2H])C([2H])([2H])[2H]. The Bertz CT molecular complexity index is 338. The first-order chi connectivity index (χ1) is 8.71. The Hall–Kier alpha value is -0.0400. The van der Waals surface area contributed by atoms with Crippen molar-refractivity contribution in [2.75, 3.05) is 13.1 Å². The number of hydrogen-bond donors (Lipinski definition) is 0. The van der Waals surface area contributed by atoms with E-state index in [1.54, 1.807) is 0 Å². The van der Waals surface area contributed by atoms with Gasteiger partial charge < -0.3 is 4.74 Å². The van der Waals surface area contributed by atoms with Gasteiger partial charge in [-0.15, -0.1) is 0 Å². The first kappa shape index (κ1) is 0.621. The molecule has 0 unspecified atom stereocenters. The van der Waals surface area contributed by atoms with Crippen LogP contribution < -0.4 is 0 Å². The second kappa shape index (κ2) is 5.96. The maximum absolute atomic E-state index is 7.24. The van der Waals surface area contributed by atoms with Crippen LogP contribution in [0.2, 0.25) is 0 Å². The molecular weight excluding hydrogens is 88.1 g/mol. The van der Waals surface area contributed by atoms with Crippen molar-refractivity contribution in [1.82, 2.24) is 0 Å². The van der Waals surface area contributed by atoms with Gasteiger partial charge in [0.25, 0.3) is 0 Å². The molecule has 0 saturated heterocycles. The van der Waals surface area contributed by atoms with Crippen molar-refractivity contribution in [3.63, 3.8) is 0 Å². The molecule has 0 atom stereocenters. The number of hydrogen-bond acceptors (Lipinski definition) is 1. The van der Waals surface area contributed by atoms with Gasteiger partial charge >= 0.3 is 0 Å². The van der Waals surface area contributed by atoms with Crippen molar-refractivity contribution in [3.05, 3.63) is 0 Å². The standard InChI is InChI=1S/C6H14O/c1-3-5-7-6-4-2/h3-6H2,1-2H3/i1D3,2D3,3D2,4D2,5D2,6D2. The van der Waals surface area contributed by atoms with Gasteiger partial charge in [-0.3, -0.25) is 0 Å². The van der Waals surface area contributed by atoms with Gasteiger partial charge in [0.15, 0.2) is 0 Å². The molecule has 0 radical (unpaired) electrons. The fourth-order valence-electron chi connectivity index (χ4n) is 0.0765. The largest absolute Gasteiger partial charge is 0.381 e. The predicted octanol–water partition coefficient (Wildman–Crippen LogP) is 1.82. The minimum absolute atomic E-state index is 3.54. The van der Waals surface area contributed by atoms with Crippen LogP contribution in [0.4, 0.5) is 0 Å². The maximum atomic E-state index is 7.24. The second-order valence-electron chi connectivity index (χ2n) is 0.556. The summed E-state index contributed by atoms with van der Waals surface area (Å²) in [5, 5.41) is 0. The van der Waals surface area contributed by atoms with Crippen molar-refractivity contribution < 1.29 is 23.9 Å². The Morgan fingerprint density at radius 2 is 2.00 bits per heavy atom. The average Bonchev–Trinajstić information content (AvgIpc) is 2.11. The third-order valence-electron chi connectivity index (χ3n) is 0.204. The van der Waals surface area contributed by atoms with Gasteiger partial charge in [0, 0.05) is 26.8 Å². The summed E-state index contributed by atoms with van der Waals surface area (Å²) in [6.07, 6.45) is -7.39. The highest BCUT2D eigenvalue weighted by Crippen LogP contribution is 1.81. The third kappa shape index (κ3) is 5.96. The van der Waals surface area contributed by atoms with Crippen LogP contribution >= 0.6 is 0 Å². The van der Waals surface area contributed by atoms with Crippen LogP contribution in [-0.2, 0) is 4.74 Å². The molecule has 7 heavy (non-hydrogen) atoms. The van der Waals surface area contributed by atoms with Crippen LogP contribution in [0.3, 0.4) is 0 Å². The van der Waals surface area contributed by atoms with Crippen molar-refractivity contribution in [2.45, 2.75) is 26.4 Å². The Kier molecular flexibility index (Phi) is 0.528. The average molecular weight is 116 g/mol. The first-order valence-electron chi connectivity index (χ1n) is 8.41. The molecule has 0 bridgehead atoms. The Morgan fingerprint density at radius 3 is 2.43 bits per heavy atom. The molecule has 0 aromatic carbocycles. The topological polar surface area (TPSA) is 9.23 Å². The van der Waals surface area contributed by atoms with Gasteiger partial charge in [-0.2, -0.15) is 0 Å². The van der Waals surface area contributed by atoms with E-state index in [9.17, 15) is 0 Å². The molecule has 1 heteroatoms. The molecule has 0 heterocycles. The fourth-order valence-corrected chi connectivity index (χ4v) is 0.0765. The van der Waals surface area contributed by atoms with Gasteiger partial charge in [-0.1, -0.05) is 13.7 Å². The first-order valence-corrected chi connectivity index (χ1v) is 1.41. The summed E-state index contributed by atoms with van der Waals surface area (Å²) in [5.41, 5.74) is 0. The zero-order valence-corrected chi connectivity index (χ0v) is 3.41. The molecule has 0 aromatic heterocycles. The molecule has 0 rings (SSSR count). The van der Waals surface area contributed by atoms with Crippen LogP contribution in [0.1, 0.15) is 45.6 Å². The molecule has 0 saturated carbocycles. The quantitative estimate of drug-likeness (QED) is 0.544. The minimum Gasteiger partial charge on any atom is -0.381 e. The second-order valence-corrected chi connectivity index (χ2v) is 0.556. The van der Waals surface area contributed by atoms with E-state index in [-0.39, 0.29) is 0 Å². The Balaban J connectivity index is 5.65. The Labute approximate surface area is 65.3 Å². The zero-order valence-electron chi connectivity index (χ0n) is 17.4. The van der Waals surface area contributed by atoms with Crippen LogP contribution in [0, 0.1) is 0 Å². The molecule has 0 fully saturated rings. The van der Waals surface area contributed by atoms with Gasteiger partial charge in [0.1, 0.15) is 0 Å². The summed E-state index contributed by atoms with van der Waals surface area (Å²) in [4.78, 5) is 0. The number of ether oxygens (including phenoxy) is 1. The van der Waals surface area contributed by atoms with Crippen molar-refractivity contribution >= 4 is 0 Å². The van der Waals surface area contributed by atoms with E-state index in [0.29, 0.717) is 0 Å². The van der Waals surface area contributed by atoms with Gasteiger partial charge in [-0.25, -0.2) is 0 Å². The van der Waals surface area contributed by atoms with E-state index in [4.69, 9.17) is 19.2 Å². The van der Waals surface area contributed by atoms with E-state index >= 15 is 0 Å². The lowest BCUT2D eigenvalue weighted by Gasteiger charge is -1.95. The molecule has 44 valence electrons. The predicted molar refractivity (Wildman–Crippen MR) is 31.4 cm³/mol. The van der Waals surface area contributed by atoms with Gasteiger partial charge in [0.05, 0.1) is 5.48 Å². The minimum atomic E-state index is -3.81. The lowest BCUT2D eigenvalue weighted by molar-refractivity contribution is 0.135. The van der Waals surface area contributed by atoms with E-state index in [1.807, 2.05) is 0 Å².